The minimum atomic E-state index is -1.30. The van der Waals surface area contributed by atoms with Crippen molar-refractivity contribution in [3.05, 3.63) is 70.5 Å². The van der Waals surface area contributed by atoms with Crippen molar-refractivity contribution in [1.82, 2.24) is 14.1 Å². The highest BCUT2D eigenvalue weighted by Gasteiger charge is 2.27. The zero-order valence-electron chi connectivity index (χ0n) is 14.1. The molecule has 4 aromatic rings. The van der Waals surface area contributed by atoms with Crippen molar-refractivity contribution in [1.29, 1.82) is 0 Å². The molecule has 0 unspecified atom stereocenters. The molecule has 1 saturated carbocycles. The second-order valence-electron chi connectivity index (χ2n) is 6.74. The van der Waals surface area contributed by atoms with Gasteiger partial charge in [-0.3, -0.25) is 9.36 Å². The first-order chi connectivity index (χ1) is 13.0. The Morgan fingerprint density at radius 3 is 2.70 bits per heavy atom. The number of fused-ring (bicyclic) bond motifs is 2. The number of aromatic nitrogens is 3. The summed E-state index contributed by atoms with van der Waals surface area (Å²) >= 11 is 0. The van der Waals surface area contributed by atoms with Crippen molar-refractivity contribution in [3.8, 4) is 5.69 Å². The fourth-order valence-corrected chi connectivity index (χ4v) is 3.50. The lowest BCUT2D eigenvalue weighted by Crippen LogP contribution is -2.19. The number of benzene rings is 2. The van der Waals surface area contributed by atoms with Crippen molar-refractivity contribution in [3.63, 3.8) is 0 Å². The van der Waals surface area contributed by atoms with Crippen LogP contribution in [0.3, 0.4) is 0 Å². The lowest BCUT2D eigenvalue weighted by Gasteiger charge is -2.14. The van der Waals surface area contributed by atoms with Gasteiger partial charge in [-0.25, -0.2) is 14.2 Å². The van der Waals surface area contributed by atoms with Crippen molar-refractivity contribution in [2.75, 3.05) is 0 Å². The van der Waals surface area contributed by atoms with Crippen LogP contribution < -0.4 is 5.43 Å². The second kappa shape index (κ2) is 5.51. The number of para-hydroxylation sites is 2. The summed E-state index contributed by atoms with van der Waals surface area (Å²) in [4.78, 5) is 28.3. The van der Waals surface area contributed by atoms with Crippen LogP contribution in [0.1, 0.15) is 29.2 Å². The average Bonchev–Trinajstić information content (AvgIpc) is 3.41. The Bertz CT molecular complexity index is 1300. The van der Waals surface area contributed by atoms with Crippen molar-refractivity contribution >= 4 is 27.9 Å². The molecule has 7 heteroatoms. The number of imidazole rings is 1. The van der Waals surface area contributed by atoms with Crippen LogP contribution >= 0.6 is 0 Å². The van der Waals surface area contributed by atoms with E-state index >= 15 is 0 Å². The number of rotatable bonds is 3. The maximum atomic E-state index is 14.9. The summed E-state index contributed by atoms with van der Waals surface area (Å²) in [6.07, 6.45) is 4.72. The molecule has 134 valence electrons. The number of pyridine rings is 1. The molecule has 0 bridgehead atoms. The van der Waals surface area contributed by atoms with E-state index in [0.717, 1.165) is 29.9 Å². The summed E-state index contributed by atoms with van der Waals surface area (Å²) < 4.78 is 18.3. The normalized spacial score (nSPS) is 14.1. The Labute approximate surface area is 152 Å². The number of hydrogen-bond acceptors (Lipinski definition) is 3. The Morgan fingerprint density at radius 2 is 1.96 bits per heavy atom. The number of aromatic carboxylic acids is 1. The summed E-state index contributed by atoms with van der Waals surface area (Å²) in [5.41, 5.74) is 1.27. The maximum Gasteiger partial charge on any atom is 0.341 e. The molecule has 5 rings (SSSR count). The topological polar surface area (TPSA) is 77.1 Å². The first-order valence-electron chi connectivity index (χ1n) is 8.59. The number of nitrogens with zero attached hydrogens (tertiary/aromatic N) is 3. The van der Waals surface area contributed by atoms with Crippen LogP contribution in [0.5, 0.6) is 0 Å². The fourth-order valence-electron chi connectivity index (χ4n) is 3.50. The molecule has 0 atom stereocenters. The van der Waals surface area contributed by atoms with Gasteiger partial charge in [-0.15, -0.1) is 0 Å². The summed E-state index contributed by atoms with van der Waals surface area (Å²) in [6.45, 7) is 0. The molecule has 1 N–H and O–H groups in total. The molecule has 0 radical (unpaired) electrons. The molecule has 2 aromatic carbocycles. The molecular formula is C20H14FN3O3. The van der Waals surface area contributed by atoms with Gasteiger partial charge in [0.05, 0.1) is 22.2 Å². The number of carbonyl (C=O) groups is 1. The third-order valence-corrected chi connectivity index (χ3v) is 4.98. The minimum absolute atomic E-state index is 0.0764. The predicted octanol–water partition coefficient (Wildman–Crippen LogP) is 3.51. The van der Waals surface area contributed by atoms with Gasteiger partial charge in [0.25, 0.3) is 0 Å². The standard InChI is InChI=1S/C20H14FN3O3/c21-14-7-12-17(23(11-5-6-11)9-13(19(12)25)20(26)27)8-18(14)24-10-22-15-3-1-2-4-16(15)24/h1-4,7-11H,5-6H2,(H,26,27). The van der Waals surface area contributed by atoms with Gasteiger partial charge in [0.1, 0.15) is 17.7 Å². The zero-order valence-corrected chi connectivity index (χ0v) is 14.1. The monoisotopic (exact) mass is 363 g/mol. The Hall–Kier alpha value is -3.48. The van der Waals surface area contributed by atoms with Crippen molar-refractivity contribution < 1.29 is 14.3 Å². The summed E-state index contributed by atoms with van der Waals surface area (Å²) in [5.74, 6) is -1.91. The van der Waals surface area contributed by atoms with E-state index in [4.69, 9.17) is 0 Å². The molecule has 27 heavy (non-hydrogen) atoms. The zero-order chi connectivity index (χ0) is 18.7. The molecule has 2 heterocycles. The summed E-state index contributed by atoms with van der Waals surface area (Å²) in [5, 5.41) is 9.40. The average molecular weight is 363 g/mol. The largest absolute Gasteiger partial charge is 0.477 e. The van der Waals surface area contributed by atoms with Crippen LogP contribution in [0.15, 0.2) is 53.7 Å². The second-order valence-corrected chi connectivity index (χ2v) is 6.74. The van der Waals surface area contributed by atoms with Gasteiger partial charge >= 0.3 is 5.97 Å². The van der Waals surface area contributed by atoms with Gasteiger partial charge in [-0.1, -0.05) is 12.1 Å². The van der Waals surface area contributed by atoms with Crippen LogP contribution in [-0.2, 0) is 0 Å². The smallest absolute Gasteiger partial charge is 0.341 e. The Morgan fingerprint density at radius 1 is 1.19 bits per heavy atom. The van der Waals surface area contributed by atoms with Crippen LogP contribution in [0, 0.1) is 5.82 Å². The molecule has 0 aliphatic heterocycles. The van der Waals surface area contributed by atoms with Gasteiger partial charge in [0, 0.05) is 17.6 Å². The van der Waals surface area contributed by atoms with Gasteiger partial charge in [0.15, 0.2) is 0 Å². The molecular weight excluding hydrogens is 349 g/mol. The SMILES string of the molecule is O=C(O)c1cn(C2CC2)c2cc(-n3cnc4ccccc43)c(F)cc2c1=O. The lowest BCUT2D eigenvalue weighted by molar-refractivity contribution is 0.0695. The highest BCUT2D eigenvalue weighted by Crippen LogP contribution is 2.37. The number of hydrogen-bond donors (Lipinski definition) is 1. The van der Waals surface area contributed by atoms with E-state index in [1.54, 1.807) is 21.5 Å². The first-order valence-corrected chi connectivity index (χ1v) is 8.59. The lowest BCUT2D eigenvalue weighted by atomic mass is 10.1. The third kappa shape index (κ3) is 2.35. The van der Waals surface area contributed by atoms with Crippen LogP contribution in [0.25, 0.3) is 27.6 Å². The van der Waals surface area contributed by atoms with Crippen molar-refractivity contribution in [2.45, 2.75) is 18.9 Å². The van der Waals surface area contributed by atoms with Gasteiger partial charge in [-0.05, 0) is 37.1 Å². The van der Waals surface area contributed by atoms with Gasteiger partial charge in [-0.2, -0.15) is 0 Å². The summed E-state index contributed by atoms with van der Waals surface area (Å²) in [6, 6.07) is 10.2. The van der Waals surface area contributed by atoms with E-state index in [9.17, 15) is 19.1 Å². The van der Waals surface area contributed by atoms with E-state index in [1.165, 1.54) is 6.20 Å². The Balaban J connectivity index is 1.85. The predicted molar refractivity (Wildman–Crippen MR) is 98.0 cm³/mol. The van der Waals surface area contributed by atoms with Crippen LogP contribution in [0.2, 0.25) is 0 Å². The molecule has 1 aliphatic carbocycles. The molecule has 6 nitrogen and oxygen atoms in total. The van der Waals surface area contributed by atoms with E-state index in [-0.39, 0.29) is 22.7 Å². The molecule has 0 saturated heterocycles. The first kappa shape index (κ1) is 15.7. The van der Waals surface area contributed by atoms with E-state index in [2.05, 4.69) is 4.98 Å². The third-order valence-electron chi connectivity index (χ3n) is 4.98. The molecule has 1 aliphatic rings. The molecule has 0 amide bonds. The molecule has 2 aromatic heterocycles. The highest BCUT2D eigenvalue weighted by atomic mass is 19.1. The van der Waals surface area contributed by atoms with Crippen LogP contribution in [-0.4, -0.2) is 25.2 Å². The fraction of sp³-hybridized carbons (Fsp3) is 0.150. The van der Waals surface area contributed by atoms with E-state index in [1.807, 2.05) is 24.3 Å². The minimum Gasteiger partial charge on any atom is -0.477 e. The van der Waals surface area contributed by atoms with Crippen LogP contribution in [0.4, 0.5) is 4.39 Å². The number of carboxylic acid groups (broad SMARTS) is 1. The van der Waals surface area contributed by atoms with E-state index < -0.39 is 17.2 Å². The van der Waals surface area contributed by atoms with Gasteiger partial charge < -0.3 is 9.67 Å². The molecule has 0 spiro atoms. The quantitative estimate of drug-likeness (QED) is 0.604. The molecule has 1 fully saturated rings. The Kier molecular flexibility index (Phi) is 3.21. The van der Waals surface area contributed by atoms with Gasteiger partial charge in [0.2, 0.25) is 5.43 Å². The number of carboxylic acids is 1. The highest BCUT2D eigenvalue weighted by molar-refractivity contribution is 5.93. The van der Waals surface area contributed by atoms with Crippen molar-refractivity contribution in [2.24, 2.45) is 0 Å². The van der Waals surface area contributed by atoms with E-state index in [0.29, 0.717) is 5.52 Å². The summed E-state index contributed by atoms with van der Waals surface area (Å²) in [7, 11) is 0. The number of halogens is 1. The maximum absolute atomic E-state index is 14.9.